The van der Waals surface area contributed by atoms with Gasteiger partial charge in [0, 0.05) is 50.8 Å². The molecule has 1 aliphatic carbocycles. The number of rotatable bonds is 5. The number of hydrogen-bond acceptors (Lipinski definition) is 4. The van der Waals surface area contributed by atoms with Crippen LogP contribution in [0.3, 0.4) is 0 Å². The van der Waals surface area contributed by atoms with Crippen molar-refractivity contribution in [2.75, 3.05) is 31.1 Å². The fourth-order valence-electron chi connectivity index (χ4n) is 4.06. The summed E-state index contributed by atoms with van der Waals surface area (Å²) in [5.41, 5.74) is 4.82. The molecule has 0 bridgehead atoms. The van der Waals surface area contributed by atoms with E-state index in [1.807, 2.05) is 17.0 Å². The lowest BCUT2D eigenvalue weighted by Crippen LogP contribution is -2.49. The van der Waals surface area contributed by atoms with Gasteiger partial charge in [-0.2, -0.15) is 0 Å². The van der Waals surface area contributed by atoms with Gasteiger partial charge in [0.1, 0.15) is 0 Å². The van der Waals surface area contributed by atoms with Gasteiger partial charge in [0.05, 0.1) is 11.8 Å². The molecule has 2 aliphatic rings. The quantitative estimate of drug-likeness (QED) is 0.848. The molecule has 6 heteroatoms. The number of pyridine rings is 1. The van der Waals surface area contributed by atoms with Gasteiger partial charge < -0.3 is 15.1 Å². The average Bonchev–Trinajstić information content (AvgIpc) is 3.55. The molecule has 1 aromatic carbocycles. The Morgan fingerprint density at radius 2 is 1.86 bits per heavy atom. The van der Waals surface area contributed by atoms with Crippen LogP contribution in [0.1, 0.15) is 23.1 Å². The molecular weight excluding hydrogens is 364 g/mol. The number of nitrogens with zero attached hydrogens (tertiary/aromatic N) is 3. The number of piperazine rings is 1. The van der Waals surface area contributed by atoms with E-state index < -0.39 is 0 Å². The second-order valence-electron chi connectivity index (χ2n) is 8.06. The summed E-state index contributed by atoms with van der Waals surface area (Å²) in [4.78, 5) is 33.5. The molecular formula is C23H28N4O2. The normalized spacial score (nSPS) is 21.0. The number of carbonyl (C=O) groups excluding carboxylic acids is 2. The van der Waals surface area contributed by atoms with Gasteiger partial charge in [-0.05, 0) is 49.1 Å². The van der Waals surface area contributed by atoms with Crippen LogP contribution in [0, 0.1) is 25.7 Å². The maximum Gasteiger partial charge on any atom is 0.226 e. The summed E-state index contributed by atoms with van der Waals surface area (Å²) in [6, 6.07) is 10.2. The molecule has 1 aliphatic heterocycles. The fraction of sp³-hybridized carbons (Fsp3) is 0.435. The smallest absolute Gasteiger partial charge is 0.226 e. The number of hydrogen-bond donors (Lipinski definition) is 1. The van der Waals surface area contributed by atoms with Crippen molar-refractivity contribution in [2.45, 2.75) is 26.8 Å². The lowest BCUT2D eigenvalue weighted by atomic mass is 10.1. The molecule has 2 atom stereocenters. The number of nitrogens with one attached hydrogen (secondary N) is 1. The second-order valence-corrected chi connectivity index (χ2v) is 8.06. The molecule has 152 valence electrons. The zero-order valence-electron chi connectivity index (χ0n) is 17.1. The number of benzene rings is 1. The Hall–Kier alpha value is -2.89. The lowest BCUT2D eigenvalue weighted by molar-refractivity contribution is -0.135. The van der Waals surface area contributed by atoms with Crippen LogP contribution in [0.15, 0.2) is 42.7 Å². The monoisotopic (exact) mass is 392 g/mol. The summed E-state index contributed by atoms with van der Waals surface area (Å²) in [6.07, 6.45) is 4.11. The third-order valence-electron chi connectivity index (χ3n) is 6.14. The third-order valence-corrected chi connectivity index (χ3v) is 6.14. The first-order valence-corrected chi connectivity index (χ1v) is 10.3. The van der Waals surface area contributed by atoms with Crippen molar-refractivity contribution >= 4 is 17.5 Å². The summed E-state index contributed by atoms with van der Waals surface area (Å²) < 4.78 is 0. The Morgan fingerprint density at radius 1 is 1.07 bits per heavy atom. The van der Waals surface area contributed by atoms with Crippen LogP contribution < -0.4 is 10.2 Å². The predicted octanol–water partition coefficient (Wildman–Crippen LogP) is 2.30. The highest BCUT2D eigenvalue weighted by molar-refractivity contribution is 5.92. The Balaban J connectivity index is 1.26. The molecule has 6 nitrogen and oxygen atoms in total. The van der Waals surface area contributed by atoms with E-state index in [0.717, 1.165) is 18.7 Å². The van der Waals surface area contributed by atoms with Crippen LogP contribution in [0.5, 0.6) is 0 Å². The standard InChI is InChI=1S/C23H28N4O2/c1-16-5-3-7-21(17(16)2)26-9-11-27(12-10-26)23(29)20-13-19(20)22(28)25-15-18-6-4-8-24-14-18/h3-8,14,19-20H,9-13,15H2,1-2H3,(H,25,28). The number of aromatic nitrogens is 1. The summed E-state index contributed by atoms with van der Waals surface area (Å²) in [7, 11) is 0. The molecule has 1 saturated carbocycles. The van der Waals surface area contributed by atoms with Crippen molar-refractivity contribution < 1.29 is 9.59 Å². The van der Waals surface area contributed by atoms with Crippen LogP contribution >= 0.6 is 0 Å². The third kappa shape index (κ3) is 4.26. The largest absolute Gasteiger partial charge is 0.368 e. The SMILES string of the molecule is Cc1cccc(N2CCN(C(=O)C3CC3C(=O)NCc3cccnc3)CC2)c1C. The summed E-state index contributed by atoms with van der Waals surface area (Å²) in [5.74, 6) is -0.235. The van der Waals surface area contributed by atoms with Crippen molar-refractivity contribution in [1.82, 2.24) is 15.2 Å². The summed E-state index contributed by atoms with van der Waals surface area (Å²) in [6.45, 7) is 7.84. The second kappa shape index (κ2) is 8.23. The van der Waals surface area contributed by atoms with E-state index in [4.69, 9.17) is 0 Å². The first-order valence-electron chi connectivity index (χ1n) is 10.3. The predicted molar refractivity (Wildman–Crippen MR) is 112 cm³/mol. The first-order chi connectivity index (χ1) is 14.0. The van der Waals surface area contributed by atoms with Crippen molar-refractivity contribution in [3.05, 3.63) is 59.4 Å². The lowest BCUT2D eigenvalue weighted by Gasteiger charge is -2.37. The highest BCUT2D eigenvalue weighted by atomic mass is 16.2. The Labute approximate surface area is 171 Å². The van der Waals surface area contributed by atoms with Gasteiger partial charge in [-0.1, -0.05) is 18.2 Å². The van der Waals surface area contributed by atoms with E-state index in [9.17, 15) is 9.59 Å². The van der Waals surface area contributed by atoms with Gasteiger partial charge in [-0.3, -0.25) is 14.6 Å². The molecule has 29 heavy (non-hydrogen) atoms. The molecule has 0 spiro atoms. The van der Waals surface area contributed by atoms with Crippen molar-refractivity contribution in [2.24, 2.45) is 11.8 Å². The number of carbonyl (C=O) groups is 2. The van der Waals surface area contributed by atoms with E-state index in [0.29, 0.717) is 26.1 Å². The van der Waals surface area contributed by atoms with Gasteiger partial charge >= 0.3 is 0 Å². The molecule has 1 aromatic heterocycles. The summed E-state index contributed by atoms with van der Waals surface area (Å²) >= 11 is 0. The Kier molecular flexibility index (Phi) is 5.51. The molecule has 0 radical (unpaired) electrons. The molecule has 1 N–H and O–H groups in total. The van der Waals surface area contributed by atoms with Crippen molar-refractivity contribution in [3.8, 4) is 0 Å². The first kappa shape index (κ1) is 19.4. The van der Waals surface area contributed by atoms with Gasteiger partial charge in [0.2, 0.25) is 11.8 Å². The van der Waals surface area contributed by atoms with E-state index in [2.05, 4.69) is 47.2 Å². The molecule has 4 rings (SSSR count). The molecule has 2 aromatic rings. The Bertz CT molecular complexity index is 891. The molecule has 1 saturated heterocycles. The molecule has 2 fully saturated rings. The van der Waals surface area contributed by atoms with Crippen LogP contribution in [-0.4, -0.2) is 47.9 Å². The van der Waals surface area contributed by atoms with Crippen LogP contribution in [-0.2, 0) is 16.1 Å². The van der Waals surface area contributed by atoms with E-state index >= 15 is 0 Å². The van der Waals surface area contributed by atoms with Gasteiger partial charge in [0.15, 0.2) is 0 Å². The minimum atomic E-state index is -0.184. The minimum absolute atomic E-state index is 0.0266. The molecule has 2 unspecified atom stereocenters. The zero-order valence-corrected chi connectivity index (χ0v) is 17.1. The van der Waals surface area contributed by atoms with Gasteiger partial charge in [-0.15, -0.1) is 0 Å². The van der Waals surface area contributed by atoms with E-state index in [1.54, 1.807) is 12.4 Å². The Morgan fingerprint density at radius 3 is 2.59 bits per heavy atom. The number of aryl methyl sites for hydroxylation is 1. The van der Waals surface area contributed by atoms with Crippen LogP contribution in [0.25, 0.3) is 0 Å². The van der Waals surface area contributed by atoms with Gasteiger partial charge in [-0.25, -0.2) is 0 Å². The van der Waals surface area contributed by atoms with Gasteiger partial charge in [0.25, 0.3) is 0 Å². The van der Waals surface area contributed by atoms with Crippen LogP contribution in [0.2, 0.25) is 0 Å². The number of amides is 2. The molecule has 2 amide bonds. The maximum absolute atomic E-state index is 12.8. The summed E-state index contributed by atoms with van der Waals surface area (Å²) in [5, 5.41) is 2.93. The topological polar surface area (TPSA) is 65.5 Å². The van der Waals surface area contributed by atoms with E-state index in [-0.39, 0.29) is 23.7 Å². The maximum atomic E-state index is 12.8. The highest BCUT2D eigenvalue weighted by Crippen LogP contribution is 2.40. The molecule has 2 heterocycles. The average molecular weight is 393 g/mol. The minimum Gasteiger partial charge on any atom is -0.368 e. The van der Waals surface area contributed by atoms with Crippen molar-refractivity contribution in [1.29, 1.82) is 0 Å². The number of anilines is 1. The van der Waals surface area contributed by atoms with Crippen LogP contribution in [0.4, 0.5) is 5.69 Å². The highest BCUT2D eigenvalue weighted by Gasteiger charge is 2.49. The van der Waals surface area contributed by atoms with E-state index in [1.165, 1.54) is 16.8 Å². The zero-order chi connectivity index (χ0) is 20.4. The fourth-order valence-corrected chi connectivity index (χ4v) is 4.06. The van der Waals surface area contributed by atoms with Crippen molar-refractivity contribution in [3.63, 3.8) is 0 Å².